The van der Waals surface area contributed by atoms with E-state index in [1.54, 1.807) is 13.8 Å². The number of ether oxygens (including phenoxy) is 1. The van der Waals surface area contributed by atoms with Gasteiger partial charge in [0.2, 0.25) is 0 Å². The Morgan fingerprint density at radius 2 is 2.12 bits per heavy atom. The Morgan fingerprint density at radius 1 is 1.41 bits per heavy atom. The van der Waals surface area contributed by atoms with Crippen molar-refractivity contribution >= 4 is 5.97 Å². The molecule has 5 heteroatoms. The van der Waals surface area contributed by atoms with Crippen molar-refractivity contribution in [3.05, 3.63) is 27.4 Å². The van der Waals surface area contributed by atoms with Crippen LogP contribution in [-0.4, -0.2) is 22.5 Å². The van der Waals surface area contributed by atoms with Crippen molar-refractivity contribution in [1.29, 1.82) is 0 Å². The van der Waals surface area contributed by atoms with E-state index in [4.69, 9.17) is 4.74 Å². The maximum atomic E-state index is 11.7. The maximum Gasteiger partial charge on any atom is 0.305 e. The predicted octanol–water partition coefficient (Wildman–Crippen LogP) is 1.27. The molecule has 0 radical (unpaired) electrons. The minimum atomic E-state index is -0.221. The van der Waals surface area contributed by atoms with Crippen molar-refractivity contribution in [3.63, 3.8) is 0 Å². The summed E-state index contributed by atoms with van der Waals surface area (Å²) in [5.41, 5.74) is 1.27. The molecule has 0 bridgehead atoms. The van der Waals surface area contributed by atoms with E-state index in [1.165, 1.54) is 0 Å². The summed E-state index contributed by atoms with van der Waals surface area (Å²) in [4.78, 5) is 29.6. The number of hydrogen-bond acceptors (Lipinski definition) is 4. The summed E-state index contributed by atoms with van der Waals surface area (Å²) >= 11 is 0. The molecule has 5 nitrogen and oxygen atoms in total. The van der Waals surface area contributed by atoms with Gasteiger partial charge in [0.05, 0.1) is 6.61 Å². The lowest BCUT2D eigenvalue weighted by molar-refractivity contribution is -0.143. The minimum Gasteiger partial charge on any atom is -0.466 e. The first-order chi connectivity index (χ1) is 8.04. The molecule has 1 aromatic rings. The number of nitrogens with one attached hydrogen (secondary N) is 1. The number of aromatic amines is 1. The molecule has 0 saturated carbocycles. The van der Waals surface area contributed by atoms with Gasteiger partial charge in [-0.2, -0.15) is 0 Å². The largest absolute Gasteiger partial charge is 0.466 e. The van der Waals surface area contributed by atoms with Gasteiger partial charge >= 0.3 is 5.97 Å². The first-order valence-electron chi connectivity index (χ1n) is 5.76. The molecule has 1 N–H and O–H groups in total. The lowest BCUT2D eigenvalue weighted by atomic mass is 10.1. The fraction of sp³-hybridized carbons (Fsp3) is 0.583. The van der Waals surface area contributed by atoms with E-state index in [0.717, 1.165) is 5.69 Å². The van der Waals surface area contributed by atoms with Crippen molar-refractivity contribution in [2.45, 2.75) is 40.0 Å². The highest BCUT2D eigenvalue weighted by Gasteiger charge is 2.08. The van der Waals surface area contributed by atoms with Gasteiger partial charge in [0, 0.05) is 17.7 Å². The van der Waals surface area contributed by atoms with Gasteiger partial charge < -0.3 is 9.72 Å². The molecule has 0 unspecified atom stereocenters. The van der Waals surface area contributed by atoms with E-state index in [2.05, 4.69) is 9.97 Å². The smallest absolute Gasteiger partial charge is 0.305 e. The van der Waals surface area contributed by atoms with Gasteiger partial charge in [-0.05, 0) is 33.6 Å². The molecular formula is C12H18N2O3. The molecule has 1 heterocycles. The first kappa shape index (κ1) is 13.4. The summed E-state index contributed by atoms with van der Waals surface area (Å²) in [6.45, 7) is 5.72. The highest BCUT2D eigenvalue weighted by Crippen LogP contribution is 2.05. The average molecular weight is 238 g/mol. The number of carbonyl (C=O) groups excluding carboxylic acids is 1. The van der Waals surface area contributed by atoms with Crippen molar-refractivity contribution in [3.8, 4) is 0 Å². The van der Waals surface area contributed by atoms with Gasteiger partial charge in [0.15, 0.2) is 0 Å². The summed E-state index contributed by atoms with van der Waals surface area (Å²) in [5, 5.41) is 0. The monoisotopic (exact) mass is 238 g/mol. The summed E-state index contributed by atoms with van der Waals surface area (Å²) in [6, 6.07) is 0. The molecule has 0 aromatic carbocycles. The van der Waals surface area contributed by atoms with Crippen LogP contribution in [0.2, 0.25) is 0 Å². The number of aromatic nitrogens is 2. The van der Waals surface area contributed by atoms with Crippen LogP contribution in [0.4, 0.5) is 0 Å². The average Bonchev–Trinajstić information content (AvgIpc) is 2.22. The number of esters is 1. The van der Waals surface area contributed by atoms with E-state index in [-0.39, 0.29) is 11.5 Å². The first-order valence-corrected chi connectivity index (χ1v) is 5.76. The van der Waals surface area contributed by atoms with Crippen LogP contribution in [-0.2, 0) is 16.0 Å². The van der Waals surface area contributed by atoms with Crippen molar-refractivity contribution in [1.82, 2.24) is 9.97 Å². The number of nitrogens with zero attached hydrogens (tertiary/aromatic N) is 1. The zero-order valence-electron chi connectivity index (χ0n) is 10.5. The number of aryl methyl sites for hydroxylation is 2. The lowest BCUT2D eigenvalue weighted by Gasteiger charge is -2.05. The van der Waals surface area contributed by atoms with Crippen LogP contribution < -0.4 is 5.56 Å². The van der Waals surface area contributed by atoms with Crippen LogP contribution in [0, 0.1) is 13.8 Å². The normalized spacial score (nSPS) is 10.3. The van der Waals surface area contributed by atoms with Crippen molar-refractivity contribution in [2.24, 2.45) is 0 Å². The summed E-state index contributed by atoms with van der Waals surface area (Å²) in [5.74, 6) is 0.392. The van der Waals surface area contributed by atoms with Gasteiger partial charge in [-0.25, -0.2) is 4.98 Å². The Labute approximate surface area is 100 Å². The van der Waals surface area contributed by atoms with Crippen LogP contribution in [0.5, 0.6) is 0 Å². The highest BCUT2D eigenvalue weighted by atomic mass is 16.5. The van der Waals surface area contributed by atoms with Gasteiger partial charge in [-0.1, -0.05) is 0 Å². The third kappa shape index (κ3) is 4.01. The Balaban J connectivity index is 2.58. The SMILES string of the molecule is CCOC(=O)CCCc1c(C)nc(C)[nH]c1=O. The standard InChI is InChI=1S/C12H18N2O3/c1-4-17-11(15)7-5-6-10-8(2)13-9(3)14-12(10)16/h4-7H2,1-3H3,(H,13,14,16). The molecule has 0 saturated heterocycles. The minimum absolute atomic E-state index is 0.112. The molecule has 1 aromatic heterocycles. The zero-order valence-corrected chi connectivity index (χ0v) is 10.5. The molecule has 0 aliphatic rings. The molecule has 94 valence electrons. The van der Waals surface area contributed by atoms with E-state index in [9.17, 15) is 9.59 Å². The fourth-order valence-electron chi connectivity index (χ4n) is 1.69. The van der Waals surface area contributed by atoms with Crippen LogP contribution in [0.1, 0.15) is 36.8 Å². The van der Waals surface area contributed by atoms with Crippen molar-refractivity contribution in [2.75, 3.05) is 6.61 Å². The predicted molar refractivity (Wildman–Crippen MR) is 63.9 cm³/mol. The second kappa shape index (κ2) is 6.18. The van der Waals surface area contributed by atoms with E-state index in [0.29, 0.717) is 37.3 Å². The summed E-state index contributed by atoms with van der Waals surface area (Å²) in [6.07, 6.45) is 1.49. The molecule has 0 aliphatic heterocycles. The van der Waals surface area contributed by atoms with Crippen LogP contribution in [0.15, 0.2) is 4.79 Å². The Kier molecular flexibility index (Phi) is 4.87. The third-order valence-corrected chi connectivity index (χ3v) is 2.45. The number of rotatable bonds is 5. The molecule has 17 heavy (non-hydrogen) atoms. The molecule has 1 rings (SSSR count). The number of carbonyl (C=O) groups is 1. The number of H-pyrrole nitrogens is 1. The van der Waals surface area contributed by atoms with Gasteiger partial charge in [-0.15, -0.1) is 0 Å². The molecular weight excluding hydrogens is 220 g/mol. The summed E-state index contributed by atoms with van der Waals surface area (Å²) < 4.78 is 4.82. The molecule has 0 fully saturated rings. The molecule has 0 spiro atoms. The quantitative estimate of drug-likeness (QED) is 0.784. The van der Waals surface area contributed by atoms with Crippen LogP contribution in [0.3, 0.4) is 0 Å². The van der Waals surface area contributed by atoms with Crippen LogP contribution in [0.25, 0.3) is 0 Å². The van der Waals surface area contributed by atoms with Gasteiger partial charge in [0.25, 0.3) is 5.56 Å². The second-order valence-corrected chi connectivity index (χ2v) is 3.87. The van der Waals surface area contributed by atoms with Crippen LogP contribution >= 0.6 is 0 Å². The van der Waals surface area contributed by atoms with Gasteiger partial charge in [-0.3, -0.25) is 9.59 Å². The van der Waals surface area contributed by atoms with E-state index in [1.807, 2.05) is 6.92 Å². The number of hydrogen-bond donors (Lipinski definition) is 1. The van der Waals surface area contributed by atoms with E-state index < -0.39 is 0 Å². The maximum absolute atomic E-state index is 11.7. The third-order valence-electron chi connectivity index (χ3n) is 2.45. The van der Waals surface area contributed by atoms with E-state index >= 15 is 0 Å². The van der Waals surface area contributed by atoms with Gasteiger partial charge in [0.1, 0.15) is 5.82 Å². The molecule has 0 amide bonds. The Morgan fingerprint density at radius 3 is 2.71 bits per heavy atom. The molecule has 0 atom stereocenters. The van der Waals surface area contributed by atoms with Crippen molar-refractivity contribution < 1.29 is 9.53 Å². The Bertz CT molecular complexity index is 452. The second-order valence-electron chi connectivity index (χ2n) is 3.87. The topological polar surface area (TPSA) is 72.0 Å². The Hall–Kier alpha value is -1.65. The highest BCUT2D eigenvalue weighted by molar-refractivity contribution is 5.69. The summed E-state index contributed by atoms with van der Waals surface area (Å²) in [7, 11) is 0. The lowest BCUT2D eigenvalue weighted by Crippen LogP contribution is -2.18. The fourth-order valence-corrected chi connectivity index (χ4v) is 1.69. The zero-order chi connectivity index (χ0) is 12.8. The molecule has 0 aliphatic carbocycles.